The fourth-order valence-corrected chi connectivity index (χ4v) is 2.78. The Morgan fingerprint density at radius 2 is 1.89 bits per heavy atom. The highest BCUT2D eigenvalue weighted by Crippen LogP contribution is 2.16. The molecular formula is C18H21FN6O2. The molecule has 0 aliphatic rings. The average molecular weight is 372 g/mol. The summed E-state index contributed by atoms with van der Waals surface area (Å²) in [4.78, 5) is 29.2. The third kappa shape index (κ3) is 3.53. The van der Waals surface area contributed by atoms with E-state index < -0.39 is 11.2 Å². The molecule has 2 heterocycles. The van der Waals surface area contributed by atoms with Crippen LogP contribution in [0.25, 0.3) is 11.2 Å². The van der Waals surface area contributed by atoms with E-state index in [1.54, 1.807) is 23.7 Å². The fourth-order valence-electron chi connectivity index (χ4n) is 2.78. The van der Waals surface area contributed by atoms with E-state index in [0.717, 1.165) is 17.4 Å². The molecule has 27 heavy (non-hydrogen) atoms. The van der Waals surface area contributed by atoms with E-state index in [4.69, 9.17) is 0 Å². The van der Waals surface area contributed by atoms with Gasteiger partial charge in [-0.1, -0.05) is 25.5 Å². The van der Waals surface area contributed by atoms with Crippen molar-refractivity contribution < 1.29 is 4.39 Å². The van der Waals surface area contributed by atoms with Gasteiger partial charge >= 0.3 is 5.69 Å². The monoisotopic (exact) mass is 372 g/mol. The van der Waals surface area contributed by atoms with Crippen LogP contribution in [0, 0.1) is 5.82 Å². The van der Waals surface area contributed by atoms with Crippen LogP contribution in [-0.4, -0.2) is 24.9 Å². The van der Waals surface area contributed by atoms with Gasteiger partial charge in [0.2, 0.25) is 5.95 Å². The van der Waals surface area contributed by atoms with Crippen LogP contribution in [0.1, 0.15) is 25.3 Å². The number of unbranched alkanes of at least 4 members (excludes halogenated alkanes) is 1. The lowest BCUT2D eigenvalue weighted by atomic mass is 10.2. The van der Waals surface area contributed by atoms with Crippen molar-refractivity contribution in [2.45, 2.75) is 26.3 Å². The lowest BCUT2D eigenvalue weighted by Crippen LogP contribution is -2.37. The molecular weight excluding hydrogens is 351 g/mol. The minimum atomic E-state index is -0.436. The molecule has 3 aromatic rings. The van der Waals surface area contributed by atoms with Crippen LogP contribution >= 0.6 is 0 Å². The van der Waals surface area contributed by atoms with Gasteiger partial charge in [0.25, 0.3) is 5.56 Å². The first kappa shape index (κ1) is 18.6. The Kier molecular flexibility index (Phi) is 5.20. The molecule has 0 saturated heterocycles. The van der Waals surface area contributed by atoms with Crippen LogP contribution in [-0.2, 0) is 20.6 Å². The van der Waals surface area contributed by atoms with Crippen LogP contribution in [0.3, 0.4) is 0 Å². The minimum Gasteiger partial charge on any atom is -0.303 e. The van der Waals surface area contributed by atoms with E-state index in [1.165, 1.54) is 30.0 Å². The number of hydrazone groups is 1. The molecule has 0 aliphatic carbocycles. The Balaban J connectivity index is 2.04. The van der Waals surface area contributed by atoms with E-state index >= 15 is 0 Å². The summed E-state index contributed by atoms with van der Waals surface area (Å²) in [6, 6.07) is 5.88. The number of halogens is 1. The van der Waals surface area contributed by atoms with Crippen molar-refractivity contribution in [3.8, 4) is 0 Å². The van der Waals surface area contributed by atoms with Crippen LogP contribution in [0.5, 0.6) is 0 Å². The van der Waals surface area contributed by atoms with Crippen LogP contribution in [0.4, 0.5) is 10.3 Å². The van der Waals surface area contributed by atoms with Gasteiger partial charge in [0, 0.05) is 20.6 Å². The van der Waals surface area contributed by atoms with Gasteiger partial charge < -0.3 is 4.57 Å². The predicted molar refractivity (Wildman–Crippen MR) is 103 cm³/mol. The molecule has 1 N–H and O–H groups in total. The standard InChI is InChI=1S/C18H21FN6O2/c1-4-5-10-25-14-15(23(2)18(27)24(3)16(14)26)21-17(25)22-20-11-12-6-8-13(19)9-7-12/h6-9,11H,4-5,10H2,1-3H3,(H,21,22)/b20-11+. The number of imidazole rings is 1. The molecule has 3 rings (SSSR count). The zero-order chi connectivity index (χ0) is 19.6. The van der Waals surface area contributed by atoms with Crippen molar-refractivity contribution in [3.63, 3.8) is 0 Å². The zero-order valence-electron chi connectivity index (χ0n) is 15.4. The van der Waals surface area contributed by atoms with Crippen molar-refractivity contribution in [2.24, 2.45) is 19.2 Å². The van der Waals surface area contributed by atoms with E-state index in [1.807, 2.05) is 6.92 Å². The smallest absolute Gasteiger partial charge is 0.303 e. The maximum absolute atomic E-state index is 13.0. The Labute approximate surface area is 154 Å². The lowest BCUT2D eigenvalue weighted by Gasteiger charge is -2.08. The number of benzene rings is 1. The van der Waals surface area contributed by atoms with Gasteiger partial charge in [0.15, 0.2) is 11.2 Å². The lowest BCUT2D eigenvalue weighted by molar-refractivity contribution is 0.628. The molecule has 8 nitrogen and oxygen atoms in total. The zero-order valence-corrected chi connectivity index (χ0v) is 15.4. The molecule has 0 spiro atoms. The second-order valence-electron chi connectivity index (χ2n) is 6.24. The van der Waals surface area contributed by atoms with Crippen LogP contribution in [0.2, 0.25) is 0 Å². The summed E-state index contributed by atoms with van der Waals surface area (Å²) in [5, 5.41) is 4.13. The third-order valence-corrected chi connectivity index (χ3v) is 4.33. The Bertz CT molecular complexity index is 1110. The molecule has 0 bridgehead atoms. The highest BCUT2D eigenvalue weighted by atomic mass is 19.1. The number of aryl methyl sites for hydroxylation is 2. The molecule has 0 unspecified atom stereocenters. The first-order valence-corrected chi connectivity index (χ1v) is 8.65. The van der Waals surface area contributed by atoms with E-state index in [2.05, 4.69) is 15.5 Å². The Morgan fingerprint density at radius 1 is 1.19 bits per heavy atom. The van der Waals surface area contributed by atoms with Gasteiger partial charge in [-0.25, -0.2) is 14.6 Å². The molecule has 142 valence electrons. The number of hydrogen-bond donors (Lipinski definition) is 1. The largest absolute Gasteiger partial charge is 0.332 e. The molecule has 0 atom stereocenters. The molecule has 2 aromatic heterocycles. The fraction of sp³-hybridized carbons (Fsp3) is 0.333. The van der Waals surface area contributed by atoms with Gasteiger partial charge in [0.1, 0.15) is 5.82 Å². The SMILES string of the molecule is CCCCn1c(N/N=C/c2ccc(F)cc2)nc2c1c(=O)n(C)c(=O)n2C. The second-order valence-corrected chi connectivity index (χ2v) is 6.24. The molecule has 0 radical (unpaired) electrons. The van der Waals surface area contributed by atoms with Crippen LogP contribution < -0.4 is 16.7 Å². The number of nitrogens with zero attached hydrogens (tertiary/aromatic N) is 5. The summed E-state index contributed by atoms with van der Waals surface area (Å²) in [6.45, 7) is 2.61. The van der Waals surface area contributed by atoms with Crippen molar-refractivity contribution in [1.82, 2.24) is 18.7 Å². The van der Waals surface area contributed by atoms with Gasteiger partial charge in [-0.15, -0.1) is 0 Å². The quantitative estimate of drug-likeness (QED) is 0.528. The number of fused-ring (bicyclic) bond motifs is 1. The maximum Gasteiger partial charge on any atom is 0.332 e. The average Bonchev–Trinajstić information content (AvgIpc) is 3.03. The maximum atomic E-state index is 13.0. The van der Waals surface area contributed by atoms with Crippen LogP contribution in [0.15, 0.2) is 39.0 Å². The molecule has 0 amide bonds. The predicted octanol–water partition coefficient (Wildman–Crippen LogP) is 1.82. The topological polar surface area (TPSA) is 86.2 Å². The molecule has 9 heteroatoms. The molecule has 0 fully saturated rings. The molecule has 1 aromatic carbocycles. The summed E-state index contributed by atoms with van der Waals surface area (Å²) >= 11 is 0. The van der Waals surface area contributed by atoms with Crippen molar-refractivity contribution in [2.75, 3.05) is 5.43 Å². The van der Waals surface area contributed by atoms with E-state index in [9.17, 15) is 14.0 Å². The van der Waals surface area contributed by atoms with Gasteiger partial charge in [-0.05, 0) is 24.1 Å². The summed E-state index contributed by atoms with van der Waals surface area (Å²) in [6.07, 6.45) is 3.30. The van der Waals surface area contributed by atoms with Gasteiger partial charge in [-0.3, -0.25) is 13.9 Å². The summed E-state index contributed by atoms with van der Waals surface area (Å²) in [7, 11) is 3.02. The number of anilines is 1. The first-order chi connectivity index (χ1) is 12.9. The van der Waals surface area contributed by atoms with Gasteiger partial charge in [0.05, 0.1) is 6.21 Å². The summed E-state index contributed by atoms with van der Waals surface area (Å²) in [5.41, 5.74) is 3.37. The van der Waals surface area contributed by atoms with Crippen molar-refractivity contribution in [1.29, 1.82) is 0 Å². The first-order valence-electron chi connectivity index (χ1n) is 8.65. The van der Waals surface area contributed by atoms with E-state index in [0.29, 0.717) is 29.2 Å². The number of rotatable bonds is 6. The second kappa shape index (κ2) is 7.56. The number of hydrogen-bond acceptors (Lipinski definition) is 5. The third-order valence-electron chi connectivity index (χ3n) is 4.33. The Morgan fingerprint density at radius 3 is 2.56 bits per heavy atom. The van der Waals surface area contributed by atoms with Crippen molar-refractivity contribution >= 4 is 23.3 Å². The minimum absolute atomic E-state index is 0.304. The summed E-state index contributed by atoms with van der Waals surface area (Å²) < 4.78 is 17.1. The Hall–Kier alpha value is -3.23. The molecule has 0 aliphatic heterocycles. The van der Waals surface area contributed by atoms with E-state index in [-0.39, 0.29) is 5.82 Å². The normalized spacial score (nSPS) is 11.6. The highest BCUT2D eigenvalue weighted by molar-refractivity contribution is 5.80. The summed E-state index contributed by atoms with van der Waals surface area (Å²) in [5.74, 6) is 0.0494. The van der Waals surface area contributed by atoms with Gasteiger partial charge in [-0.2, -0.15) is 10.1 Å². The number of nitrogens with one attached hydrogen (secondary N) is 1. The highest BCUT2D eigenvalue weighted by Gasteiger charge is 2.18. The van der Waals surface area contributed by atoms with Crippen molar-refractivity contribution in [3.05, 3.63) is 56.5 Å². The molecule has 0 saturated carbocycles. The number of aromatic nitrogens is 4.